The fraction of sp³-hybridized carbons (Fsp3) is 0.524. The molecule has 1 fully saturated rings. The van der Waals surface area contributed by atoms with Crippen molar-refractivity contribution in [3.8, 4) is 0 Å². The van der Waals surface area contributed by atoms with Crippen molar-refractivity contribution in [2.24, 2.45) is 0 Å². The van der Waals surface area contributed by atoms with E-state index in [0.717, 1.165) is 5.56 Å². The van der Waals surface area contributed by atoms with Crippen LogP contribution in [0.3, 0.4) is 0 Å². The SMILES string of the molecule is CC(=O)OC[C@H]1O[C@H]([Se]Cc2ccccc2)[C@@H](OC(C)=O)[C@@H](OC(C)=O)[C@@H]1OC(C)=O. The molecule has 31 heavy (non-hydrogen) atoms. The Kier molecular flexibility index (Phi) is 9.48. The van der Waals surface area contributed by atoms with Gasteiger partial charge in [0.25, 0.3) is 0 Å². The molecule has 0 saturated carbocycles. The van der Waals surface area contributed by atoms with Crippen molar-refractivity contribution in [3.63, 3.8) is 0 Å². The van der Waals surface area contributed by atoms with Crippen LogP contribution in [0.5, 0.6) is 0 Å². The predicted octanol–water partition coefficient (Wildman–Crippen LogP) is 0.974. The summed E-state index contributed by atoms with van der Waals surface area (Å²) in [6.45, 7) is 4.66. The summed E-state index contributed by atoms with van der Waals surface area (Å²) in [5, 5.41) is 0.0232. The monoisotopic (exact) mass is 502 g/mol. The van der Waals surface area contributed by atoms with E-state index in [4.69, 9.17) is 23.7 Å². The van der Waals surface area contributed by atoms with Crippen LogP contribution in [0, 0.1) is 0 Å². The predicted molar refractivity (Wildman–Crippen MR) is 108 cm³/mol. The molecule has 0 N–H and O–H groups in total. The molecule has 1 aromatic carbocycles. The zero-order chi connectivity index (χ0) is 23.0. The average molecular weight is 501 g/mol. The van der Waals surface area contributed by atoms with Gasteiger partial charge in [0.1, 0.15) is 0 Å². The Balaban J connectivity index is 2.35. The zero-order valence-electron chi connectivity index (χ0n) is 17.8. The molecule has 0 unspecified atom stereocenters. The van der Waals surface area contributed by atoms with E-state index >= 15 is 0 Å². The average Bonchev–Trinajstić information content (AvgIpc) is 2.68. The van der Waals surface area contributed by atoms with Crippen LogP contribution in [-0.4, -0.2) is 74.9 Å². The van der Waals surface area contributed by atoms with E-state index in [1.807, 2.05) is 30.3 Å². The van der Waals surface area contributed by atoms with Gasteiger partial charge in [-0.05, 0) is 0 Å². The van der Waals surface area contributed by atoms with Crippen molar-refractivity contribution >= 4 is 38.8 Å². The Hall–Kier alpha value is -2.42. The van der Waals surface area contributed by atoms with Gasteiger partial charge in [0.15, 0.2) is 0 Å². The van der Waals surface area contributed by atoms with Crippen molar-refractivity contribution in [3.05, 3.63) is 35.9 Å². The molecular weight excluding hydrogens is 475 g/mol. The first-order chi connectivity index (χ1) is 14.7. The second-order valence-corrected chi connectivity index (χ2v) is 9.14. The molecule has 1 aliphatic rings. The third-order valence-corrected chi connectivity index (χ3v) is 6.74. The summed E-state index contributed by atoms with van der Waals surface area (Å²) in [5.41, 5.74) is 1.07. The molecule has 1 aliphatic heterocycles. The third-order valence-electron chi connectivity index (χ3n) is 4.21. The summed E-state index contributed by atoms with van der Waals surface area (Å²) < 4.78 is 27.4. The van der Waals surface area contributed by atoms with Crippen molar-refractivity contribution < 1.29 is 42.9 Å². The normalized spacial score (nSPS) is 25.2. The van der Waals surface area contributed by atoms with Crippen molar-refractivity contribution in [1.82, 2.24) is 0 Å². The molecular formula is C21H26O9Se. The number of carbonyl (C=O) groups excluding carboxylic acids is 4. The van der Waals surface area contributed by atoms with E-state index in [1.54, 1.807) is 0 Å². The molecule has 0 aliphatic carbocycles. The van der Waals surface area contributed by atoms with Gasteiger partial charge in [-0.3, -0.25) is 0 Å². The van der Waals surface area contributed by atoms with Crippen LogP contribution in [0.15, 0.2) is 30.3 Å². The maximum atomic E-state index is 11.8. The molecule has 5 atom stereocenters. The van der Waals surface area contributed by atoms with E-state index < -0.39 is 53.3 Å². The molecule has 0 amide bonds. The Morgan fingerprint density at radius 2 is 1.35 bits per heavy atom. The van der Waals surface area contributed by atoms with Crippen molar-refractivity contribution in [1.29, 1.82) is 0 Å². The summed E-state index contributed by atoms with van der Waals surface area (Å²) in [7, 11) is 0. The minimum absolute atomic E-state index is 0.213. The molecule has 1 aromatic rings. The first kappa shape index (κ1) is 24.8. The summed E-state index contributed by atoms with van der Waals surface area (Å²) in [4.78, 5) is 46.7. The number of hydrogen-bond donors (Lipinski definition) is 0. The molecule has 2 rings (SSSR count). The third kappa shape index (κ3) is 7.97. The minimum atomic E-state index is -1.12. The Labute approximate surface area is 186 Å². The molecule has 10 heteroatoms. The van der Waals surface area contributed by atoms with Gasteiger partial charge in [0, 0.05) is 0 Å². The first-order valence-electron chi connectivity index (χ1n) is 9.63. The number of ether oxygens (including phenoxy) is 5. The Bertz CT molecular complexity index is 782. The van der Waals surface area contributed by atoms with E-state index in [-0.39, 0.29) is 21.6 Å². The second kappa shape index (κ2) is 11.8. The number of esters is 4. The van der Waals surface area contributed by atoms with Gasteiger partial charge in [-0.1, -0.05) is 0 Å². The van der Waals surface area contributed by atoms with Crippen LogP contribution >= 0.6 is 0 Å². The van der Waals surface area contributed by atoms with Gasteiger partial charge in [-0.15, -0.1) is 0 Å². The molecule has 1 heterocycles. The second-order valence-electron chi connectivity index (χ2n) is 6.86. The quantitative estimate of drug-likeness (QED) is 0.292. The fourth-order valence-corrected chi connectivity index (χ4v) is 5.53. The number of benzene rings is 1. The van der Waals surface area contributed by atoms with Crippen molar-refractivity contribution in [2.75, 3.05) is 6.61 Å². The van der Waals surface area contributed by atoms with Crippen molar-refractivity contribution in [2.45, 2.75) is 62.4 Å². The zero-order valence-corrected chi connectivity index (χ0v) is 19.5. The van der Waals surface area contributed by atoms with Crippen LogP contribution in [0.1, 0.15) is 33.3 Å². The molecule has 0 radical (unpaired) electrons. The van der Waals surface area contributed by atoms with E-state index in [1.165, 1.54) is 27.7 Å². The summed E-state index contributed by atoms with van der Waals surface area (Å²) in [6.07, 6.45) is -4.11. The van der Waals surface area contributed by atoms with Gasteiger partial charge < -0.3 is 0 Å². The Morgan fingerprint density at radius 3 is 1.90 bits per heavy atom. The number of hydrogen-bond acceptors (Lipinski definition) is 9. The van der Waals surface area contributed by atoms with Gasteiger partial charge in [0.05, 0.1) is 0 Å². The van der Waals surface area contributed by atoms with Crippen LogP contribution in [0.2, 0.25) is 0 Å². The van der Waals surface area contributed by atoms with Crippen LogP contribution in [0.25, 0.3) is 0 Å². The van der Waals surface area contributed by atoms with Gasteiger partial charge in [0.2, 0.25) is 0 Å². The van der Waals surface area contributed by atoms with E-state index in [2.05, 4.69) is 0 Å². The number of rotatable bonds is 8. The van der Waals surface area contributed by atoms with Crippen LogP contribution in [0.4, 0.5) is 0 Å². The molecule has 1 saturated heterocycles. The molecule has 170 valence electrons. The maximum absolute atomic E-state index is 11.8. The summed E-state index contributed by atoms with van der Waals surface area (Å²) in [6, 6.07) is 9.67. The van der Waals surface area contributed by atoms with Gasteiger partial charge in [-0.2, -0.15) is 0 Å². The summed E-state index contributed by atoms with van der Waals surface area (Å²) in [5.74, 6) is -2.41. The fourth-order valence-electron chi connectivity index (χ4n) is 3.08. The number of carbonyl (C=O) groups is 4. The summed E-state index contributed by atoms with van der Waals surface area (Å²) >= 11 is -0.254. The van der Waals surface area contributed by atoms with Crippen LogP contribution < -0.4 is 0 Å². The molecule has 0 aromatic heterocycles. The van der Waals surface area contributed by atoms with Gasteiger partial charge in [-0.25, -0.2) is 0 Å². The first-order valence-corrected chi connectivity index (χ1v) is 11.8. The molecule has 0 spiro atoms. The van der Waals surface area contributed by atoms with E-state index in [0.29, 0.717) is 5.32 Å². The Morgan fingerprint density at radius 1 is 0.806 bits per heavy atom. The van der Waals surface area contributed by atoms with E-state index in [9.17, 15) is 19.2 Å². The molecule has 9 nitrogen and oxygen atoms in total. The standard InChI is InChI=1S/C21H26O9Se/c1-12(22)26-10-17-18(27-13(2)23)19(28-14(3)24)20(29-15(4)25)21(30-17)31-11-16-8-6-5-7-9-16/h5-9,17-21H,10-11H2,1-4H3/t17-,18-,19+,20+,21-/m1/s1. The molecule has 0 bridgehead atoms. The van der Waals surface area contributed by atoms with Crippen LogP contribution in [-0.2, 0) is 48.2 Å². The topological polar surface area (TPSA) is 114 Å². The van der Waals surface area contributed by atoms with Gasteiger partial charge >= 0.3 is 187 Å².